The van der Waals surface area contributed by atoms with Crippen molar-refractivity contribution in [1.29, 1.82) is 0 Å². The van der Waals surface area contributed by atoms with Crippen molar-refractivity contribution in [3.63, 3.8) is 0 Å². The zero-order valence-electron chi connectivity index (χ0n) is 10.3. The molecule has 0 atom stereocenters. The molecule has 1 amide bonds. The minimum Gasteiger partial charge on any atom is -0.321 e. The number of rotatable bonds is 2. The summed E-state index contributed by atoms with van der Waals surface area (Å²) in [6.45, 7) is 3.91. The van der Waals surface area contributed by atoms with Crippen LogP contribution in [-0.2, 0) is 0 Å². The lowest BCUT2D eigenvalue weighted by molar-refractivity contribution is 0.102. The maximum atomic E-state index is 12.0. The van der Waals surface area contributed by atoms with Crippen LogP contribution < -0.4 is 5.32 Å². The molecule has 2 rings (SSSR count). The molecule has 0 heterocycles. The van der Waals surface area contributed by atoms with Gasteiger partial charge in [0.2, 0.25) is 0 Å². The van der Waals surface area contributed by atoms with Gasteiger partial charge in [-0.2, -0.15) is 0 Å². The predicted molar refractivity (Wildman–Crippen MR) is 75.3 cm³/mol. The fourth-order valence-electron chi connectivity index (χ4n) is 1.70. The monoisotopic (exact) mass is 259 g/mol. The number of hydrogen-bond acceptors (Lipinski definition) is 1. The molecule has 0 saturated heterocycles. The molecule has 0 bridgehead atoms. The first kappa shape index (κ1) is 12.7. The number of carbonyl (C=O) groups excluding carboxylic acids is 1. The van der Waals surface area contributed by atoms with E-state index in [1.807, 2.05) is 50.2 Å². The Hall–Kier alpha value is -1.80. The van der Waals surface area contributed by atoms with Crippen LogP contribution in [0.25, 0.3) is 0 Å². The van der Waals surface area contributed by atoms with Crippen molar-refractivity contribution < 1.29 is 4.79 Å². The number of carbonyl (C=O) groups is 1. The number of anilines is 1. The highest BCUT2D eigenvalue weighted by Crippen LogP contribution is 2.23. The van der Waals surface area contributed by atoms with Crippen LogP contribution in [0.15, 0.2) is 42.5 Å². The van der Waals surface area contributed by atoms with Crippen molar-refractivity contribution in [2.24, 2.45) is 0 Å². The largest absolute Gasteiger partial charge is 0.321 e. The maximum absolute atomic E-state index is 12.0. The van der Waals surface area contributed by atoms with E-state index in [4.69, 9.17) is 11.6 Å². The van der Waals surface area contributed by atoms with E-state index in [0.717, 1.165) is 11.1 Å². The molecule has 92 valence electrons. The summed E-state index contributed by atoms with van der Waals surface area (Å²) in [4.78, 5) is 12.0. The standard InChI is InChI=1S/C15H14ClNO/c1-10-4-3-5-12(8-10)15(18)17-14-7-6-11(2)9-13(14)16/h3-9H,1-2H3,(H,17,18). The average molecular weight is 260 g/mol. The van der Waals surface area contributed by atoms with Crippen LogP contribution >= 0.6 is 11.6 Å². The van der Waals surface area contributed by atoms with Gasteiger partial charge in [0.15, 0.2) is 0 Å². The van der Waals surface area contributed by atoms with Gasteiger partial charge in [-0.05, 0) is 43.7 Å². The second-order valence-electron chi connectivity index (χ2n) is 4.31. The van der Waals surface area contributed by atoms with Crippen molar-refractivity contribution in [2.45, 2.75) is 13.8 Å². The van der Waals surface area contributed by atoms with Gasteiger partial charge in [-0.25, -0.2) is 0 Å². The Morgan fingerprint density at radius 3 is 2.44 bits per heavy atom. The minimum absolute atomic E-state index is 0.149. The third-order valence-electron chi connectivity index (χ3n) is 2.65. The van der Waals surface area contributed by atoms with E-state index in [1.165, 1.54) is 0 Å². The molecule has 0 saturated carbocycles. The van der Waals surface area contributed by atoms with Crippen LogP contribution in [0.3, 0.4) is 0 Å². The van der Waals surface area contributed by atoms with E-state index in [9.17, 15) is 4.79 Å². The van der Waals surface area contributed by atoms with Gasteiger partial charge in [-0.3, -0.25) is 4.79 Å². The Morgan fingerprint density at radius 1 is 1.06 bits per heavy atom. The summed E-state index contributed by atoms with van der Waals surface area (Å²) in [6.07, 6.45) is 0. The summed E-state index contributed by atoms with van der Waals surface area (Å²) < 4.78 is 0. The SMILES string of the molecule is Cc1cccc(C(=O)Nc2ccc(C)cc2Cl)c1. The number of hydrogen-bond donors (Lipinski definition) is 1. The highest BCUT2D eigenvalue weighted by Gasteiger charge is 2.08. The second-order valence-corrected chi connectivity index (χ2v) is 4.71. The molecule has 0 fully saturated rings. The molecule has 2 nitrogen and oxygen atoms in total. The van der Waals surface area contributed by atoms with E-state index in [2.05, 4.69) is 5.32 Å². The van der Waals surface area contributed by atoms with E-state index < -0.39 is 0 Å². The van der Waals surface area contributed by atoms with Crippen LogP contribution in [-0.4, -0.2) is 5.91 Å². The number of halogens is 1. The molecule has 1 N–H and O–H groups in total. The van der Waals surface area contributed by atoms with Crippen molar-refractivity contribution in [2.75, 3.05) is 5.32 Å². The molecular weight excluding hydrogens is 246 g/mol. The van der Waals surface area contributed by atoms with Crippen molar-refractivity contribution in [1.82, 2.24) is 0 Å². The number of nitrogens with one attached hydrogen (secondary N) is 1. The first-order valence-electron chi connectivity index (χ1n) is 5.70. The Balaban J connectivity index is 2.21. The van der Waals surface area contributed by atoms with Gasteiger partial charge >= 0.3 is 0 Å². The molecular formula is C15H14ClNO. The van der Waals surface area contributed by atoms with Gasteiger partial charge in [-0.15, -0.1) is 0 Å². The van der Waals surface area contributed by atoms with E-state index >= 15 is 0 Å². The van der Waals surface area contributed by atoms with Gasteiger partial charge in [-0.1, -0.05) is 35.4 Å². The Labute approximate surface area is 112 Å². The normalized spacial score (nSPS) is 10.2. The summed E-state index contributed by atoms with van der Waals surface area (Å²) in [7, 11) is 0. The number of amides is 1. The lowest BCUT2D eigenvalue weighted by Crippen LogP contribution is -2.12. The molecule has 0 unspecified atom stereocenters. The van der Waals surface area contributed by atoms with Gasteiger partial charge in [0.05, 0.1) is 10.7 Å². The molecule has 0 aromatic heterocycles. The molecule has 0 aliphatic heterocycles. The van der Waals surface area contributed by atoms with E-state index in [0.29, 0.717) is 16.3 Å². The molecule has 0 aliphatic carbocycles. The second kappa shape index (κ2) is 5.23. The quantitative estimate of drug-likeness (QED) is 0.860. The average Bonchev–Trinajstić information content (AvgIpc) is 2.32. The van der Waals surface area contributed by atoms with Crippen molar-refractivity contribution >= 4 is 23.2 Å². The molecule has 0 radical (unpaired) electrons. The van der Waals surface area contributed by atoms with Crippen LogP contribution in [0.2, 0.25) is 5.02 Å². The first-order chi connectivity index (χ1) is 8.56. The summed E-state index contributed by atoms with van der Waals surface area (Å²) in [5, 5.41) is 3.36. The van der Waals surface area contributed by atoms with Gasteiger partial charge in [0, 0.05) is 5.56 Å². The summed E-state index contributed by atoms with van der Waals surface area (Å²) in [5.41, 5.74) is 3.38. The Morgan fingerprint density at radius 2 is 1.78 bits per heavy atom. The summed E-state index contributed by atoms with van der Waals surface area (Å²) >= 11 is 6.08. The highest BCUT2D eigenvalue weighted by atomic mass is 35.5. The Kier molecular flexibility index (Phi) is 3.68. The van der Waals surface area contributed by atoms with Crippen LogP contribution in [0.4, 0.5) is 5.69 Å². The van der Waals surface area contributed by atoms with Gasteiger partial charge in [0.25, 0.3) is 5.91 Å². The molecule has 2 aromatic rings. The molecule has 2 aromatic carbocycles. The lowest BCUT2D eigenvalue weighted by atomic mass is 10.1. The highest BCUT2D eigenvalue weighted by molar-refractivity contribution is 6.34. The van der Waals surface area contributed by atoms with Crippen LogP contribution in [0.5, 0.6) is 0 Å². The summed E-state index contributed by atoms with van der Waals surface area (Å²) in [5.74, 6) is -0.149. The molecule has 0 aliphatic rings. The maximum Gasteiger partial charge on any atom is 0.255 e. The predicted octanol–water partition coefficient (Wildman–Crippen LogP) is 4.21. The lowest BCUT2D eigenvalue weighted by Gasteiger charge is -2.08. The van der Waals surface area contributed by atoms with E-state index in [1.54, 1.807) is 6.07 Å². The van der Waals surface area contributed by atoms with Crippen LogP contribution in [0.1, 0.15) is 21.5 Å². The van der Waals surface area contributed by atoms with Crippen LogP contribution in [0, 0.1) is 13.8 Å². The topological polar surface area (TPSA) is 29.1 Å². The van der Waals surface area contributed by atoms with Crippen molar-refractivity contribution in [3.05, 3.63) is 64.2 Å². The first-order valence-corrected chi connectivity index (χ1v) is 6.08. The number of aryl methyl sites for hydroxylation is 2. The van der Waals surface area contributed by atoms with Crippen molar-refractivity contribution in [3.8, 4) is 0 Å². The number of benzene rings is 2. The Bertz CT molecular complexity index is 593. The smallest absolute Gasteiger partial charge is 0.255 e. The summed E-state index contributed by atoms with van der Waals surface area (Å²) in [6, 6.07) is 13.0. The van der Waals surface area contributed by atoms with E-state index in [-0.39, 0.29) is 5.91 Å². The van der Waals surface area contributed by atoms with Gasteiger partial charge < -0.3 is 5.32 Å². The third-order valence-corrected chi connectivity index (χ3v) is 2.97. The molecule has 18 heavy (non-hydrogen) atoms. The molecule has 3 heteroatoms. The van der Waals surface area contributed by atoms with Gasteiger partial charge in [0.1, 0.15) is 0 Å². The zero-order valence-corrected chi connectivity index (χ0v) is 11.1. The fraction of sp³-hybridized carbons (Fsp3) is 0.133. The third kappa shape index (κ3) is 2.90. The molecule has 0 spiro atoms. The fourth-order valence-corrected chi connectivity index (χ4v) is 1.98. The zero-order chi connectivity index (χ0) is 13.1. The minimum atomic E-state index is -0.149.